The van der Waals surface area contributed by atoms with Gasteiger partial charge in [0.05, 0.1) is 38.8 Å². The fourth-order valence-electron chi connectivity index (χ4n) is 19.0. The number of fused-ring (bicyclic) bond motifs is 14. The number of rotatable bonds is 7. The summed E-state index contributed by atoms with van der Waals surface area (Å²) in [7, 11) is 0. The first-order valence-electron chi connectivity index (χ1n) is 38.7. The van der Waals surface area contributed by atoms with Crippen molar-refractivity contribution in [2.75, 3.05) is 9.80 Å². The zero-order chi connectivity index (χ0) is 73.9. The van der Waals surface area contributed by atoms with Gasteiger partial charge in [0.2, 0.25) is 0 Å². The van der Waals surface area contributed by atoms with Crippen LogP contribution in [0.5, 0.6) is 0 Å². The first-order chi connectivity index (χ1) is 51.1. The SMILES string of the molecule is CC(C)(C)c1ccc2c(c1)c1cc(C(C)(C)C)ccc1n2-c1ccc2c(c1)N(c1ccc(-c3ccccc3)cc1)c1cc(-n3c4ccccc4c4ccccc43)cc3c1B2c1ccc(-n2c4ccc(C(C)(C)C)cc4c4cc(C(C)(C)C)ccc42)cc1N3c1ccc(-c2ccc3c(c2)C(C)(C)CC3(C)C)cc1. The monoisotopic (exact) mass is 1390 g/mol. The van der Waals surface area contributed by atoms with Crippen LogP contribution in [0.1, 0.15) is 151 Å². The molecule has 526 valence electrons. The number of para-hydroxylation sites is 2. The molecule has 3 aromatic heterocycles. The van der Waals surface area contributed by atoms with Crippen molar-refractivity contribution >= 4 is 123 Å². The lowest BCUT2D eigenvalue weighted by Crippen LogP contribution is -2.61. The summed E-state index contributed by atoms with van der Waals surface area (Å²) in [5.41, 5.74) is 34.0. The van der Waals surface area contributed by atoms with E-state index in [2.05, 4.69) is 401 Å². The standard InChI is InChI=1S/C101H94BN5/c1-96(2,3)66-35-48-87-77(53-66)78-54-67(97(4,5)6)36-49-88(78)105(87)72-43-46-83-91(57-72)103(70-39-30-63(31-40-70)62-24-18-17-19-25-62)93-59-74(107-85-28-22-20-26-75(85)76-27-21-23-29-86(76)107)60-94-95(93)102(83)84-47-44-73(106-89-50-37-68(98(7,8)9)55-79(89)80-56-69(99(10,11)12)38-51-90(80)106)58-92(84)104(94)71-41-32-64(33-42-71)65-34-45-81-82(52-65)101(15,16)61-100(81,13)14/h17-60H,61H2,1-16H3. The predicted octanol–water partition coefficient (Wildman–Crippen LogP) is 25.5. The molecular weight excluding hydrogens is 1290 g/mol. The largest absolute Gasteiger partial charge is 0.311 e. The molecule has 5 nitrogen and oxygen atoms in total. The van der Waals surface area contributed by atoms with Crippen LogP contribution < -0.4 is 26.2 Å². The fourth-order valence-corrected chi connectivity index (χ4v) is 19.0. The zero-order valence-corrected chi connectivity index (χ0v) is 64.9. The minimum Gasteiger partial charge on any atom is -0.311 e. The molecule has 0 radical (unpaired) electrons. The molecule has 16 aromatic rings. The van der Waals surface area contributed by atoms with Gasteiger partial charge in [0.1, 0.15) is 0 Å². The van der Waals surface area contributed by atoms with Gasteiger partial charge in [-0.2, -0.15) is 0 Å². The van der Waals surface area contributed by atoms with Gasteiger partial charge in [0, 0.05) is 77.8 Å². The normalized spacial score (nSPS) is 14.8. The van der Waals surface area contributed by atoms with Gasteiger partial charge in [-0.05, 0) is 232 Å². The lowest BCUT2D eigenvalue weighted by molar-refractivity contribution is 0.403. The average Bonchev–Trinajstić information content (AvgIpc) is 0.797. The highest BCUT2D eigenvalue weighted by molar-refractivity contribution is 7.00. The molecule has 2 aliphatic heterocycles. The van der Waals surface area contributed by atoms with Gasteiger partial charge in [-0.15, -0.1) is 0 Å². The van der Waals surface area contributed by atoms with Gasteiger partial charge in [0.25, 0.3) is 6.71 Å². The molecule has 107 heavy (non-hydrogen) atoms. The van der Waals surface area contributed by atoms with Crippen LogP contribution in [-0.2, 0) is 32.5 Å². The fraction of sp³-hybridized carbons (Fsp3) is 0.228. The smallest absolute Gasteiger partial charge is 0.252 e. The first-order valence-corrected chi connectivity index (χ1v) is 38.7. The van der Waals surface area contributed by atoms with Crippen LogP contribution >= 0.6 is 0 Å². The van der Waals surface area contributed by atoms with Crippen molar-refractivity contribution in [3.63, 3.8) is 0 Å². The quantitative estimate of drug-likeness (QED) is 0.148. The maximum atomic E-state index is 2.64. The van der Waals surface area contributed by atoms with Gasteiger partial charge in [-0.1, -0.05) is 256 Å². The Labute approximate surface area is 631 Å². The summed E-state index contributed by atoms with van der Waals surface area (Å²) in [5, 5.41) is 7.54. The van der Waals surface area contributed by atoms with E-state index >= 15 is 0 Å². The van der Waals surface area contributed by atoms with Crippen LogP contribution in [-0.4, -0.2) is 20.4 Å². The highest BCUT2D eigenvalue weighted by Gasteiger charge is 2.46. The summed E-state index contributed by atoms with van der Waals surface area (Å²) in [4.78, 5) is 5.26. The Balaban J connectivity index is 0.919. The van der Waals surface area contributed by atoms with Gasteiger partial charge in [-0.3, -0.25) is 0 Å². The molecule has 19 rings (SSSR count). The Morgan fingerprint density at radius 3 is 1.00 bits per heavy atom. The van der Waals surface area contributed by atoms with Crippen molar-refractivity contribution in [2.24, 2.45) is 0 Å². The van der Waals surface area contributed by atoms with Crippen molar-refractivity contribution in [2.45, 2.75) is 150 Å². The molecule has 0 N–H and O–H groups in total. The third-order valence-corrected chi connectivity index (χ3v) is 24.4. The lowest BCUT2D eigenvalue weighted by Gasteiger charge is -2.44. The van der Waals surface area contributed by atoms with Crippen LogP contribution in [0.15, 0.2) is 267 Å². The second-order valence-corrected chi connectivity index (χ2v) is 36.6. The second kappa shape index (κ2) is 23.2. The van der Waals surface area contributed by atoms with Gasteiger partial charge in [-0.25, -0.2) is 0 Å². The van der Waals surface area contributed by atoms with E-state index in [0.29, 0.717) is 0 Å². The van der Waals surface area contributed by atoms with Crippen LogP contribution in [0.2, 0.25) is 0 Å². The summed E-state index contributed by atoms with van der Waals surface area (Å²) >= 11 is 0. The predicted molar refractivity (Wildman–Crippen MR) is 460 cm³/mol. The molecule has 0 amide bonds. The summed E-state index contributed by atoms with van der Waals surface area (Å²) in [6.45, 7) is 37.5. The third kappa shape index (κ3) is 10.5. The molecule has 0 saturated carbocycles. The highest BCUT2D eigenvalue weighted by Crippen LogP contribution is 2.53. The summed E-state index contributed by atoms with van der Waals surface area (Å²) in [6.07, 6.45) is 1.12. The van der Waals surface area contributed by atoms with Crippen molar-refractivity contribution in [3.8, 4) is 39.3 Å². The van der Waals surface area contributed by atoms with Crippen molar-refractivity contribution in [3.05, 3.63) is 300 Å². The molecule has 0 spiro atoms. The highest BCUT2D eigenvalue weighted by atomic mass is 15.2. The van der Waals surface area contributed by atoms with Crippen molar-refractivity contribution in [1.29, 1.82) is 0 Å². The third-order valence-electron chi connectivity index (χ3n) is 24.4. The minimum absolute atomic E-state index is 0.0412. The van der Waals surface area contributed by atoms with E-state index in [9.17, 15) is 0 Å². The molecule has 0 bridgehead atoms. The molecule has 6 heteroatoms. The molecule has 0 unspecified atom stereocenters. The second-order valence-electron chi connectivity index (χ2n) is 36.6. The van der Waals surface area contributed by atoms with Crippen molar-refractivity contribution < 1.29 is 0 Å². The van der Waals surface area contributed by atoms with E-state index < -0.39 is 0 Å². The van der Waals surface area contributed by atoms with Crippen LogP contribution in [0.3, 0.4) is 0 Å². The van der Waals surface area contributed by atoms with E-state index in [0.717, 1.165) is 68.6 Å². The van der Waals surface area contributed by atoms with E-state index in [4.69, 9.17) is 0 Å². The Bertz CT molecular complexity index is 6180. The Hall–Kier alpha value is -11.1. The van der Waals surface area contributed by atoms with Crippen LogP contribution in [0.25, 0.3) is 105 Å². The number of anilines is 6. The number of benzene rings is 13. The Morgan fingerprint density at radius 1 is 0.262 bits per heavy atom. The number of hydrogen-bond acceptors (Lipinski definition) is 2. The minimum atomic E-state index is -0.196. The van der Waals surface area contributed by atoms with Gasteiger partial charge >= 0.3 is 0 Å². The van der Waals surface area contributed by atoms with E-state index in [1.807, 2.05) is 0 Å². The van der Waals surface area contributed by atoms with Crippen LogP contribution in [0, 0.1) is 0 Å². The van der Waals surface area contributed by atoms with E-state index in [1.165, 1.54) is 126 Å². The number of hydrogen-bond donors (Lipinski definition) is 0. The lowest BCUT2D eigenvalue weighted by atomic mass is 9.33. The van der Waals surface area contributed by atoms with Crippen molar-refractivity contribution in [1.82, 2.24) is 13.7 Å². The Morgan fingerprint density at radius 2 is 0.589 bits per heavy atom. The zero-order valence-electron chi connectivity index (χ0n) is 64.9. The van der Waals surface area contributed by atoms with Gasteiger partial charge in [0.15, 0.2) is 0 Å². The molecule has 0 atom stereocenters. The number of aromatic nitrogens is 3. The Kier molecular flexibility index (Phi) is 14.4. The summed E-state index contributed by atoms with van der Waals surface area (Å²) in [5.74, 6) is 0. The number of nitrogens with zero attached hydrogens (tertiary/aromatic N) is 5. The first kappa shape index (κ1) is 66.6. The molecule has 3 aliphatic rings. The molecule has 5 heterocycles. The molecule has 0 saturated heterocycles. The molecular formula is C101H94BN5. The topological polar surface area (TPSA) is 21.3 Å². The van der Waals surface area contributed by atoms with Gasteiger partial charge < -0.3 is 23.5 Å². The molecule has 13 aromatic carbocycles. The maximum Gasteiger partial charge on any atom is 0.252 e. The van der Waals surface area contributed by atoms with E-state index in [-0.39, 0.29) is 39.2 Å². The summed E-state index contributed by atoms with van der Waals surface area (Å²) < 4.78 is 7.64. The van der Waals surface area contributed by atoms with Crippen LogP contribution in [0.4, 0.5) is 34.1 Å². The molecule has 1 aliphatic carbocycles. The molecule has 0 fully saturated rings. The maximum absolute atomic E-state index is 2.64. The van der Waals surface area contributed by atoms with E-state index in [1.54, 1.807) is 0 Å². The average molecular weight is 1390 g/mol. The summed E-state index contributed by atoms with van der Waals surface area (Å²) in [6, 6.07) is 104.